The minimum absolute atomic E-state index is 0.00899. The van der Waals surface area contributed by atoms with E-state index in [9.17, 15) is 13.2 Å². The molecule has 0 radical (unpaired) electrons. The summed E-state index contributed by atoms with van der Waals surface area (Å²) < 4.78 is 27.3. The molecular weight excluding hydrogens is 398 g/mol. The predicted octanol–water partition coefficient (Wildman–Crippen LogP) is 3.36. The van der Waals surface area contributed by atoms with Crippen molar-refractivity contribution in [1.29, 1.82) is 0 Å². The van der Waals surface area contributed by atoms with Gasteiger partial charge in [-0.15, -0.1) is 0 Å². The maximum atomic E-state index is 12.9. The molecule has 0 unspecified atom stereocenters. The van der Waals surface area contributed by atoms with E-state index >= 15 is 0 Å². The van der Waals surface area contributed by atoms with E-state index in [1.165, 1.54) is 16.4 Å². The Labute approximate surface area is 174 Å². The standard InChI is InChI=1S/C20H32ClN3O3S/c1-15(2)24(16(3)4)13-10-22-20(25)17-8-9-18(21)19(14-17)28(26,27)23-11-6-5-7-12-23/h8-9,14-16H,5-7,10-13H2,1-4H3,(H,22,25). The highest BCUT2D eigenvalue weighted by molar-refractivity contribution is 7.89. The van der Waals surface area contributed by atoms with E-state index in [0.29, 0.717) is 37.3 Å². The van der Waals surface area contributed by atoms with Crippen LogP contribution in [0.5, 0.6) is 0 Å². The highest BCUT2D eigenvalue weighted by Crippen LogP contribution is 2.27. The molecule has 0 aromatic heterocycles. The predicted molar refractivity (Wildman–Crippen MR) is 113 cm³/mol. The minimum Gasteiger partial charge on any atom is -0.351 e. The van der Waals surface area contributed by atoms with Crippen molar-refractivity contribution in [2.45, 2.75) is 63.9 Å². The fourth-order valence-corrected chi connectivity index (χ4v) is 5.62. The van der Waals surface area contributed by atoms with Gasteiger partial charge in [-0.25, -0.2) is 8.42 Å². The van der Waals surface area contributed by atoms with E-state index in [1.807, 2.05) is 0 Å². The molecule has 6 nitrogen and oxygen atoms in total. The first kappa shape index (κ1) is 23.1. The summed E-state index contributed by atoms with van der Waals surface area (Å²) in [5.41, 5.74) is 0.306. The summed E-state index contributed by atoms with van der Waals surface area (Å²) in [4.78, 5) is 14.8. The van der Waals surface area contributed by atoms with E-state index in [4.69, 9.17) is 11.6 Å². The number of carbonyl (C=O) groups excluding carboxylic acids is 1. The number of hydrogen-bond acceptors (Lipinski definition) is 4. The van der Waals surface area contributed by atoms with Crippen molar-refractivity contribution in [3.8, 4) is 0 Å². The van der Waals surface area contributed by atoms with Crippen LogP contribution in [0.4, 0.5) is 0 Å². The lowest BCUT2D eigenvalue weighted by atomic mass is 10.2. The highest BCUT2D eigenvalue weighted by atomic mass is 35.5. The van der Waals surface area contributed by atoms with E-state index < -0.39 is 10.0 Å². The first-order valence-electron chi connectivity index (χ1n) is 9.98. The second kappa shape index (κ2) is 10.1. The van der Waals surface area contributed by atoms with Crippen LogP contribution in [-0.4, -0.2) is 61.8 Å². The van der Waals surface area contributed by atoms with Gasteiger partial charge in [-0.3, -0.25) is 9.69 Å². The Morgan fingerprint density at radius 2 is 1.75 bits per heavy atom. The third-order valence-electron chi connectivity index (χ3n) is 5.11. The van der Waals surface area contributed by atoms with Gasteiger partial charge in [-0.05, 0) is 58.7 Å². The smallest absolute Gasteiger partial charge is 0.251 e. The van der Waals surface area contributed by atoms with Gasteiger partial charge in [-0.1, -0.05) is 18.0 Å². The van der Waals surface area contributed by atoms with Crippen molar-refractivity contribution in [3.05, 3.63) is 28.8 Å². The number of halogens is 1. The Balaban J connectivity index is 2.10. The normalized spacial score (nSPS) is 16.1. The van der Waals surface area contributed by atoms with Crippen molar-refractivity contribution in [1.82, 2.24) is 14.5 Å². The van der Waals surface area contributed by atoms with Crippen molar-refractivity contribution >= 4 is 27.5 Å². The van der Waals surface area contributed by atoms with Crippen LogP contribution in [0.15, 0.2) is 23.1 Å². The molecule has 1 aromatic rings. The number of rotatable bonds is 8. The van der Waals surface area contributed by atoms with Crippen LogP contribution in [0.3, 0.4) is 0 Å². The largest absolute Gasteiger partial charge is 0.351 e. The topological polar surface area (TPSA) is 69.7 Å². The van der Waals surface area contributed by atoms with Crippen molar-refractivity contribution in [3.63, 3.8) is 0 Å². The van der Waals surface area contributed by atoms with Gasteiger partial charge in [-0.2, -0.15) is 4.31 Å². The van der Waals surface area contributed by atoms with Crippen molar-refractivity contribution in [2.75, 3.05) is 26.2 Å². The lowest BCUT2D eigenvalue weighted by Crippen LogP contribution is -2.42. The Morgan fingerprint density at radius 3 is 2.32 bits per heavy atom. The molecule has 1 aromatic carbocycles. The SMILES string of the molecule is CC(C)N(CCNC(=O)c1ccc(Cl)c(S(=O)(=O)N2CCCCC2)c1)C(C)C. The van der Waals surface area contributed by atoms with E-state index in [1.54, 1.807) is 6.07 Å². The van der Waals surface area contributed by atoms with Gasteiger partial charge in [0, 0.05) is 43.8 Å². The maximum absolute atomic E-state index is 12.9. The number of sulfonamides is 1. The number of benzene rings is 1. The molecule has 0 bridgehead atoms. The van der Waals surface area contributed by atoms with E-state index in [2.05, 4.69) is 37.9 Å². The van der Waals surface area contributed by atoms with Crippen LogP contribution in [-0.2, 0) is 10.0 Å². The first-order chi connectivity index (χ1) is 13.1. The quantitative estimate of drug-likeness (QED) is 0.687. The van der Waals surface area contributed by atoms with Gasteiger partial charge in [0.05, 0.1) is 5.02 Å². The molecule has 1 saturated heterocycles. The number of carbonyl (C=O) groups is 1. The fourth-order valence-electron chi connectivity index (χ4n) is 3.60. The third kappa shape index (κ3) is 5.69. The van der Waals surface area contributed by atoms with E-state index in [-0.39, 0.29) is 15.8 Å². The summed E-state index contributed by atoms with van der Waals surface area (Å²) in [5, 5.41) is 3.03. The molecule has 0 spiro atoms. The zero-order valence-electron chi connectivity index (χ0n) is 17.2. The third-order valence-corrected chi connectivity index (χ3v) is 7.49. The molecule has 8 heteroatoms. The molecule has 2 rings (SSSR count). The lowest BCUT2D eigenvalue weighted by molar-refractivity contribution is 0.0939. The van der Waals surface area contributed by atoms with Crippen molar-refractivity contribution < 1.29 is 13.2 Å². The maximum Gasteiger partial charge on any atom is 0.251 e. The number of nitrogens with zero attached hydrogens (tertiary/aromatic N) is 2. The zero-order valence-corrected chi connectivity index (χ0v) is 18.8. The average molecular weight is 430 g/mol. The van der Waals surface area contributed by atoms with Crippen LogP contribution in [0.25, 0.3) is 0 Å². The van der Waals surface area contributed by atoms with Crippen LogP contribution >= 0.6 is 11.6 Å². The summed E-state index contributed by atoms with van der Waals surface area (Å²) in [5.74, 6) is -0.292. The van der Waals surface area contributed by atoms with Crippen LogP contribution in [0.1, 0.15) is 57.3 Å². The number of hydrogen-bond donors (Lipinski definition) is 1. The van der Waals surface area contributed by atoms with Gasteiger partial charge in [0.15, 0.2) is 0 Å². The molecule has 1 aliphatic rings. The molecular formula is C20H32ClN3O3S. The lowest BCUT2D eigenvalue weighted by Gasteiger charge is -2.30. The molecule has 1 aliphatic heterocycles. The summed E-state index contributed by atoms with van der Waals surface area (Å²) in [6, 6.07) is 5.21. The molecule has 28 heavy (non-hydrogen) atoms. The minimum atomic E-state index is -3.69. The molecule has 158 valence electrons. The van der Waals surface area contributed by atoms with E-state index in [0.717, 1.165) is 25.8 Å². The van der Waals surface area contributed by atoms with Gasteiger partial charge >= 0.3 is 0 Å². The Morgan fingerprint density at radius 1 is 1.14 bits per heavy atom. The zero-order chi connectivity index (χ0) is 20.9. The van der Waals surface area contributed by atoms with Crippen LogP contribution < -0.4 is 5.32 Å². The summed E-state index contributed by atoms with van der Waals surface area (Å²) >= 11 is 6.18. The second-order valence-corrected chi connectivity index (χ2v) is 10.1. The average Bonchev–Trinajstić information content (AvgIpc) is 2.65. The summed E-state index contributed by atoms with van der Waals surface area (Å²) in [7, 11) is -3.69. The molecule has 1 amide bonds. The molecule has 1 N–H and O–H groups in total. The number of piperidine rings is 1. The Hall–Kier alpha value is -1.15. The van der Waals surface area contributed by atoms with Crippen molar-refractivity contribution in [2.24, 2.45) is 0 Å². The Kier molecular flexibility index (Phi) is 8.30. The van der Waals surface area contributed by atoms with Gasteiger partial charge in [0.2, 0.25) is 10.0 Å². The molecule has 1 fully saturated rings. The molecule has 1 heterocycles. The summed E-state index contributed by atoms with van der Waals surface area (Å²) in [6.45, 7) is 10.7. The number of amides is 1. The Bertz CT molecular complexity index is 767. The molecule has 0 atom stereocenters. The summed E-state index contributed by atoms with van der Waals surface area (Å²) in [6.07, 6.45) is 2.73. The van der Waals surface area contributed by atoms with Gasteiger partial charge in [0.25, 0.3) is 5.91 Å². The highest BCUT2D eigenvalue weighted by Gasteiger charge is 2.28. The number of nitrogens with one attached hydrogen (secondary N) is 1. The van der Waals surface area contributed by atoms with Gasteiger partial charge in [0.1, 0.15) is 4.90 Å². The second-order valence-electron chi connectivity index (χ2n) is 7.79. The fraction of sp³-hybridized carbons (Fsp3) is 0.650. The van der Waals surface area contributed by atoms with Crippen LogP contribution in [0, 0.1) is 0 Å². The first-order valence-corrected chi connectivity index (χ1v) is 11.8. The van der Waals surface area contributed by atoms with Crippen LogP contribution in [0.2, 0.25) is 5.02 Å². The molecule has 0 aliphatic carbocycles. The van der Waals surface area contributed by atoms with Gasteiger partial charge < -0.3 is 5.32 Å². The molecule has 0 saturated carbocycles. The monoisotopic (exact) mass is 429 g/mol.